The van der Waals surface area contributed by atoms with Gasteiger partial charge in [-0.3, -0.25) is 4.79 Å². The Kier molecular flexibility index (Phi) is 8.01. The Morgan fingerprint density at radius 2 is 1.91 bits per heavy atom. The molecule has 0 aliphatic carbocycles. The van der Waals surface area contributed by atoms with Crippen molar-refractivity contribution in [1.29, 1.82) is 0 Å². The van der Waals surface area contributed by atoms with E-state index >= 15 is 0 Å². The molecule has 8 heteroatoms. The number of hydrogen-bond donors (Lipinski definition) is 3. The summed E-state index contributed by atoms with van der Waals surface area (Å²) in [5.74, 6) is 0.403. The molecule has 130 valence electrons. The summed E-state index contributed by atoms with van der Waals surface area (Å²) < 4.78 is 31.8. The Hall–Kier alpha value is -1.64. The monoisotopic (exact) mass is 343 g/mol. The van der Waals surface area contributed by atoms with Gasteiger partial charge in [0.1, 0.15) is 5.75 Å². The Morgan fingerprint density at radius 3 is 2.48 bits per heavy atom. The summed E-state index contributed by atoms with van der Waals surface area (Å²) in [6.07, 6.45) is 0.763. The van der Waals surface area contributed by atoms with Crippen molar-refractivity contribution in [3.05, 3.63) is 24.3 Å². The molecule has 1 aromatic carbocycles. The van der Waals surface area contributed by atoms with Crippen LogP contribution < -0.4 is 20.5 Å². The summed E-state index contributed by atoms with van der Waals surface area (Å²) in [4.78, 5) is 11.7. The van der Waals surface area contributed by atoms with Gasteiger partial charge in [0.2, 0.25) is 15.9 Å². The van der Waals surface area contributed by atoms with Crippen LogP contribution in [-0.2, 0) is 14.8 Å². The molecule has 1 amide bonds. The third-order valence-corrected chi connectivity index (χ3v) is 4.49. The number of rotatable bonds is 10. The van der Waals surface area contributed by atoms with E-state index in [1.165, 1.54) is 12.1 Å². The van der Waals surface area contributed by atoms with Crippen molar-refractivity contribution >= 4 is 15.9 Å². The number of carbonyl (C=O) groups is 1. The van der Waals surface area contributed by atoms with E-state index in [4.69, 9.17) is 10.5 Å². The van der Waals surface area contributed by atoms with Crippen LogP contribution in [0.1, 0.15) is 26.7 Å². The summed E-state index contributed by atoms with van der Waals surface area (Å²) >= 11 is 0. The fourth-order valence-corrected chi connectivity index (χ4v) is 2.82. The minimum absolute atomic E-state index is 0.0217. The molecule has 0 saturated carbocycles. The van der Waals surface area contributed by atoms with Gasteiger partial charge in [-0.25, -0.2) is 13.1 Å². The van der Waals surface area contributed by atoms with E-state index in [0.29, 0.717) is 25.3 Å². The van der Waals surface area contributed by atoms with Crippen LogP contribution in [0.5, 0.6) is 5.75 Å². The second-order valence-electron chi connectivity index (χ2n) is 5.17. The van der Waals surface area contributed by atoms with Gasteiger partial charge in [-0.05, 0) is 44.5 Å². The van der Waals surface area contributed by atoms with Crippen molar-refractivity contribution in [2.24, 2.45) is 5.73 Å². The third kappa shape index (κ3) is 7.45. The van der Waals surface area contributed by atoms with E-state index in [-0.39, 0.29) is 29.8 Å². The van der Waals surface area contributed by atoms with Crippen molar-refractivity contribution in [3.8, 4) is 5.75 Å². The molecular formula is C15H25N3O4S. The highest BCUT2D eigenvalue weighted by atomic mass is 32.2. The number of benzene rings is 1. The van der Waals surface area contributed by atoms with Crippen LogP contribution in [0.4, 0.5) is 0 Å². The zero-order chi connectivity index (χ0) is 17.3. The van der Waals surface area contributed by atoms with Gasteiger partial charge in [0.15, 0.2) is 0 Å². The highest BCUT2D eigenvalue weighted by Gasteiger charge is 2.14. The topological polar surface area (TPSA) is 111 Å². The SMILES string of the molecule is CCOc1ccc(S(=O)(=O)NCCC(=O)NCCC(C)N)cc1. The molecule has 4 N–H and O–H groups in total. The fourth-order valence-electron chi connectivity index (χ4n) is 1.79. The first-order chi connectivity index (χ1) is 10.8. The van der Waals surface area contributed by atoms with E-state index in [1.807, 2.05) is 13.8 Å². The summed E-state index contributed by atoms with van der Waals surface area (Å²) in [6, 6.07) is 6.15. The van der Waals surface area contributed by atoms with Gasteiger partial charge in [-0.15, -0.1) is 0 Å². The number of hydrogen-bond acceptors (Lipinski definition) is 5. The molecule has 1 atom stereocenters. The quantitative estimate of drug-likeness (QED) is 0.576. The minimum atomic E-state index is -3.63. The van der Waals surface area contributed by atoms with Crippen LogP contribution in [-0.4, -0.2) is 40.1 Å². The standard InChI is InChI=1S/C15H25N3O4S/c1-3-22-13-4-6-14(7-5-13)23(20,21)18-11-9-15(19)17-10-8-12(2)16/h4-7,12,18H,3,8-11,16H2,1-2H3,(H,17,19). The molecule has 0 aliphatic heterocycles. The summed E-state index contributed by atoms with van der Waals surface area (Å²) in [5, 5.41) is 2.69. The predicted octanol–water partition coefficient (Wildman–Crippen LogP) is 0.607. The molecule has 0 aliphatic rings. The van der Waals surface area contributed by atoms with Crippen LogP contribution in [0, 0.1) is 0 Å². The van der Waals surface area contributed by atoms with Crippen LogP contribution in [0.3, 0.4) is 0 Å². The number of ether oxygens (including phenoxy) is 1. The maximum atomic E-state index is 12.1. The first-order valence-electron chi connectivity index (χ1n) is 7.60. The lowest BCUT2D eigenvalue weighted by molar-refractivity contribution is -0.120. The minimum Gasteiger partial charge on any atom is -0.494 e. The smallest absolute Gasteiger partial charge is 0.240 e. The van der Waals surface area contributed by atoms with E-state index in [9.17, 15) is 13.2 Å². The molecule has 1 rings (SSSR count). The fraction of sp³-hybridized carbons (Fsp3) is 0.533. The third-order valence-electron chi connectivity index (χ3n) is 3.01. The highest BCUT2D eigenvalue weighted by Crippen LogP contribution is 2.15. The largest absolute Gasteiger partial charge is 0.494 e. The van der Waals surface area contributed by atoms with Gasteiger partial charge < -0.3 is 15.8 Å². The zero-order valence-corrected chi connectivity index (χ0v) is 14.4. The van der Waals surface area contributed by atoms with Crippen molar-refractivity contribution in [2.45, 2.75) is 37.6 Å². The van der Waals surface area contributed by atoms with Gasteiger partial charge in [0, 0.05) is 25.6 Å². The Labute approximate surface area is 137 Å². The molecular weight excluding hydrogens is 318 g/mol. The lowest BCUT2D eigenvalue weighted by Crippen LogP contribution is -2.32. The maximum Gasteiger partial charge on any atom is 0.240 e. The van der Waals surface area contributed by atoms with Gasteiger partial charge in [-0.1, -0.05) is 0 Å². The number of nitrogens with two attached hydrogens (primary N) is 1. The first kappa shape index (κ1) is 19.4. The van der Waals surface area contributed by atoms with Crippen molar-refractivity contribution in [1.82, 2.24) is 10.0 Å². The maximum absolute atomic E-state index is 12.1. The van der Waals surface area contributed by atoms with E-state index in [2.05, 4.69) is 10.0 Å². The molecule has 0 radical (unpaired) electrons. The molecule has 7 nitrogen and oxygen atoms in total. The molecule has 0 spiro atoms. The van der Waals surface area contributed by atoms with Crippen LogP contribution >= 0.6 is 0 Å². The molecule has 0 aromatic heterocycles. The second kappa shape index (κ2) is 9.49. The lowest BCUT2D eigenvalue weighted by Gasteiger charge is -2.09. The van der Waals surface area contributed by atoms with Gasteiger partial charge in [0.25, 0.3) is 0 Å². The second-order valence-corrected chi connectivity index (χ2v) is 6.94. The lowest BCUT2D eigenvalue weighted by atomic mass is 10.2. The normalized spacial score (nSPS) is 12.7. The molecule has 0 saturated heterocycles. The van der Waals surface area contributed by atoms with Gasteiger partial charge in [-0.2, -0.15) is 0 Å². The van der Waals surface area contributed by atoms with Crippen molar-refractivity contribution in [3.63, 3.8) is 0 Å². The molecule has 0 bridgehead atoms. The van der Waals surface area contributed by atoms with Crippen LogP contribution in [0.2, 0.25) is 0 Å². The number of amides is 1. The Bertz CT molecular complexity index is 585. The summed E-state index contributed by atoms with van der Waals surface area (Å²) in [6.45, 7) is 4.76. The van der Waals surface area contributed by atoms with Crippen LogP contribution in [0.15, 0.2) is 29.2 Å². The van der Waals surface area contributed by atoms with Crippen LogP contribution in [0.25, 0.3) is 0 Å². The average Bonchev–Trinajstić information content (AvgIpc) is 2.47. The number of nitrogens with one attached hydrogen (secondary N) is 2. The molecule has 0 heterocycles. The summed E-state index contributed by atoms with van der Waals surface area (Å²) in [5.41, 5.74) is 5.58. The number of carbonyl (C=O) groups excluding carboxylic acids is 1. The molecule has 0 fully saturated rings. The van der Waals surface area contributed by atoms with E-state index < -0.39 is 10.0 Å². The highest BCUT2D eigenvalue weighted by molar-refractivity contribution is 7.89. The molecule has 23 heavy (non-hydrogen) atoms. The predicted molar refractivity (Wildman–Crippen MR) is 88.7 cm³/mol. The Balaban J connectivity index is 2.42. The van der Waals surface area contributed by atoms with E-state index in [1.54, 1.807) is 12.1 Å². The summed E-state index contributed by atoms with van der Waals surface area (Å²) in [7, 11) is -3.63. The molecule has 1 aromatic rings. The Morgan fingerprint density at radius 1 is 1.26 bits per heavy atom. The zero-order valence-electron chi connectivity index (χ0n) is 13.5. The van der Waals surface area contributed by atoms with Gasteiger partial charge in [0.05, 0.1) is 11.5 Å². The van der Waals surface area contributed by atoms with Crippen molar-refractivity contribution < 1.29 is 17.9 Å². The average molecular weight is 343 g/mol. The van der Waals surface area contributed by atoms with Gasteiger partial charge >= 0.3 is 0 Å². The van der Waals surface area contributed by atoms with E-state index in [0.717, 1.165) is 0 Å². The number of sulfonamides is 1. The van der Waals surface area contributed by atoms with Crippen molar-refractivity contribution in [2.75, 3.05) is 19.7 Å². The molecule has 1 unspecified atom stereocenters. The first-order valence-corrected chi connectivity index (χ1v) is 9.08.